The number of hydrogen-bond donors (Lipinski definition) is 9. The number of ether oxygens (including phenoxy) is 6. The third-order valence-corrected chi connectivity index (χ3v) is 8.91. The summed E-state index contributed by atoms with van der Waals surface area (Å²) in [6.07, 6.45) is -15.4. The Bertz CT molecular complexity index is 912. The predicted octanol–water partition coefficient (Wildman–Crippen LogP) is -3.85. The van der Waals surface area contributed by atoms with Crippen LogP contribution in [0, 0.1) is 17.8 Å². The molecule has 3 rings (SSSR count). The van der Waals surface area contributed by atoms with Crippen molar-refractivity contribution in [2.45, 2.75) is 106 Å². The summed E-state index contributed by atoms with van der Waals surface area (Å²) in [5.41, 5.74) is 0. The highest BCUT2D eigenvalue weighted by Gasteiger charge is 2.48. The lowest BCUT2D eigenvalue weighted by atomic mass is 9.85. The van der Waals surface area contributed by atoms with Gasteiger partial charge in [-0.1, -0.05) is 13.8 Å². The first-order chi connectivity index (χ1) is 22.3. The van der Waals surface area contributed by atoms with Gasteiger partial charge in [-0.3, -0.25) is 0 Å². The van der Waals surface area contributed by atoms with Crippen LogP contribution < -0.4 is 0 Å². The van der Waals surface area contributed by atoms with E-state index in [9.17, 15) is 45.6 Å². The summed E-state index contributed by atoms with van der Waals surface area (Å²) < 4.78 is 34.0. The fourth-order valence-corrected chi connectivity index (χ4v) is 6.17. The maximum Gasteiger partial charge on any atom is 0.333 e. The molecule has 0 saturated carbocycles. The van der Waals surface area contributed by atoms with Crippen molar-refractivity contribution in [3.05, 3.63) is 0 Å². The normalized spacial score (nSPS) is 41.9. The van der Waals surface area contributed by atoms with Gasteiger partial charge < -0.3 is 74.4 Å². The van der Waals surface area contributed by atoms with Crippen LogP contribution in [0.4, 0.5) is 0 Å². The van der Waals surface area contributed by atoms with Crippen LogP contribution in [-0.4, -0.2) is 185 Å². The quantitative estimate of drug-likeness (QED) is 0.0379. The zero-order valence-corrected chi connectivity index (χ0v) is 26.8. The first kappa shape index (κ1) is 40.3. The summed E-state index contributed by atoms with van der Waals surface area (Å²) in [7, 11) is 1.41. The minimum Gasteiger partial charge on any atom is -0.479 e. The first-order valence-corrected chi connectivity index (χ1v) is 15.8. The van der Waals surface area contributed by atoms with Gasteiger partial charge in [-0.15, -0.1) is 0 Å². The van der Waals surface area contributed by atoms with Crippen molar-refractivity contribution in [1.82, 2.24) is 0 Å². The number of aliphatic hydroxyl groups is 8. The van der Waals surface area contributed by atoms with Crippen LogP contribution >= 0.6 is 0 Å². The maximum absolute atomic E-state index is 10.9. The molecule has 276 valence electrons. The lowest BCUT2D eigenvalue weighted by molar-refractivity contribution is -0.317. The van der Waals surface area contributed by atoms with Crippen molar-refractivity contribution >= 4 is 5.97 Å². The van der Waals surface area contributed by atoms with E-state index in [1.807, 2.05) is 0 Å². The van der Waals surface area contributed by atoms with Gasteiger partial charge in [0.1, 0.15) is 42.7 Å². The fourth-order valence-electron chi connectivity index (χ4n) is 6.17. The third-order valence-electron chi connectivity index (χ3n) is 8.91. The molecule has 0 aliphatic carbocycles. The van der Waals surface area contributed by atoms with Crippen LogP contribution in [0.2, 0.25) is 0 Å². The monoisotopic (exact) mass is 688 g/mol. The van der Waals surface area contributed by atoms with Crippen LogP contribution in [0.1, 0.15) is 26.7 Å². The maximum atomic E-state index is 10.9. The lowest BCUT2D eigenvalue weighted by Gasteiger charge is -2.45. The Hall–Kier alpha value is -1.17. The highest BCUT2D eigenvalue weighted by molar-refractivity contribution is 5.67. The molecular weight excluding hydrogens is 636 g/mol. The van der Waals surface area contributed by atoms with Gasteiger partial charge in [0.25, 0.3) is 0 Å². The Morgan fingerprint density at radius 2 is 1.32 bits per heavy atom. The lowest BCUT2D eigenvalue weighted by Crippen LogP contribution is -2.60. The van der Waals surface area contributed by atoms with E-state index < -0.39 is 111 Å². The van der Waals surface area contributed by atoms with Crippen LogP contribution in [0.15, 0.2) is 0 Å². The van der Waals surface area contributed by atoms with Crippen LogP contribution in [0.25, 0.3) is 0 Å². The molecule has 0 amide bonds. The van der Waals surface area contributed by atoms with E-state index in [1.54, 1.807) is 13.8 Å². The number of carbonyl (C=O) groups is 1. The van der Waals surface area contributed by atoms with Gasteiger partial charge in [-0.25, -0.2) is 14.6 Å². The van der Waals surface area contributed by atoms with Crippen molar-refractivity contribution < 1.29 is 88.9 Å². The van der Waals surface area contributed by atoms with Crippen molar-refractivity contribution in [2.75, 3.05) is 53.4 Å². The zero-order valence-electron chi connectivity index (χ0n) is 26.8. The molecule has 7 unspecified atom stereocenters. The van der Waals surface area contributed by atoms with Crippen molar-refractivity contribution in [1.29, 1.82) is 0 Å². The van der Waals surface area contributed by atoms with Crippen molar-refractivity contribution in [2.24, 2.45) is 17.8 Å². The summed E-state index contributed by atoms with van der Waals surface area (Å²) in [6.45, 7) is 1.70. The second-order valence-corrected chi connectivity index (χ2v) is 12.4. The molecule has 3 fully saturated rings. The van der Waals surface area contributed by atoms with E-state index >= 15 is 0 Å². The van der Waals surface area contributed by atoms with E-state index in [0.29, 0.717) is 6.42 Å². The number of hydrogen-bond acceptors (Lipinski definition) is 17. The van der Waals surface area contributed by atoms with E-state index in [0.717, 1.165) is 0 Å². The average molecular weight is 689 g/mol. The molecule has 16 atom stereocenters. The van der Waals surface area contributed by atoms with Gasteiger partial charge >= 0.3 is 5.97 Å². The van der Waals surface area contributed by atoms with Gasteiger partial charge in [0.05, 0.1) is 70.2 Å². The highest BCUT2D eigenvalue weighted by Crippen LogP contribution is 2.32. The molecule has 3 heterocycles. The Kier molecular flexibility index (Phi) is 16.5. The second kappa shape index (κ2) is 19.3. The number of aliphatic carboxylic acids is 1. The second-order valence-electron chi connectivity index (χ2n) is 12.4. The van der Waals surface area contributed by atoms with Crippen molar-refractivity contribution in [3.63, 3.8) is 0 Å². The Morgan fingerprint density at radius 3 is 1.94 bits per heavy atom. The SMILES string of the molecule is CC[C@@H]1C(CO[C@H]2OC(CC(C)COOCC(=O)O)[C@H](O)[C@@H](O)C2O)O[C@@H](COC[C@@H]2C(CO)O[C@@H](COC)C(O)[C@@H]2O)C(O)[C@@H]1O. The number of rotatable bonds is 18. The summed E-state index contributed by atoms with van der Waals surface area (Å²) >= 11 is 0. The molecule has 0 aromatic carbocycles. The van der Waals surface area contributed by atoms with Crippen molar-refractivity contribution in [3.8, 4) is 0 Å². The molecule has 3 aliphatic heterocycles. The molecule has 18 nitrogen and oxygen atoms in total. The molecule has 3 saturated heterocycles. The number of aliphatic hydroxyl groups excluding tert-OH is 8. The number of carboxylic acid groups (broad SMARTS) is 1. The fraction of sp³-hybridized carbons (Fsp3) is 0.966. The molecule has 9 N–H and O–H groups in total. The molecular formula is C29H52O18. The number of methoxy groups -OCH3 is 1. The first-order valence-electron chi connectivity index (χ1n) is 15.8. The Morgan fingerprint density at radius 1 is 0.702 bits per heavy atom. The van der Waals surface area contributed by atoms with Gasteiger partial charge in [0, 0.05) is 18.9 Å². The van der Waals surface area contributed by atoms with Gasteiger partial charge in [-0.2, -0.15) is 0 Å². The summed E-state index contributed by atoms with van der Waals surface area (Å²) in [5, 5.41) is 92.7. The largest absolute Gasteiger partial charge is 0.479 e. The topological polar surface area (TPSA) is 273 Å². The van der Waals surface area contributed by atoms with Crippen LogP contribution in [-0.2, 0) is 43.0 Å². The Balaban J connectivity index is 1.57. The third kappa shape index (κ3) is 10.7. The average Bonchev–Trinajstić information content (AvgIpc) is 3.04. The standard InChI is InChI=1S/C29H52O18/c1-4-14-18(11-42-29-28(39)27(38)24(35)16(47-29)5-13(2)7-43-44-12-21(31)32)46-20(26(37)22(14)33)10-41-8-15-17(6-30)45-19(9-40-3)25(36)23(15)34/h13-20,22-30,33-39H,4-12H2,1-3H3,(H,31,32)/t13?,14-,15-,16?,17?,18?,19+,20+,22-,23-,24+,25?,26?,27-,28?,29+/m1/s1. The molecule has 18 heteroatoms. The molecule has 0 bridgehead atoms. The zero-order chi connectivity index (χ0) is 34.8. The molecule has 0 aromatic heterocycles. The minimum atomic E-state index is -1.63. The van der Waals surface area contributed by atoms with Crippen LogP contribution in [0.3, 0.4) is 0 Å². The molecule has 47 heavy (non-hydrogen) atoms. The van der Waals surface area contributed by atoms with E-state index in [2.05, 4.69) is 4.89 Å². The minimum absolute atomic E-state index is 0.00711. The molecule has 0 aromatic rings. The van der Waals surface area contributed by atoms with Gasteiger partial charge in [-0.05, 0) is 18.8 Å². The van der Waals surface area contributed by atoms with E-state index in [-0.39, 0.29) is 45.4 Å². The number of carboxylic acids is 1. The van der Waals surface area contributed by atoms with E-state index in [1.165, 1.54) is 7.11 Å². The molecule has 0 spiro atoms. The van der Waals surface area contributed by atoms with Gasteiger partial charge in [0.2, 0.25) is 0 Å². The van der Waals surface area contributed by atoms with Crippen LogP contribution in [0.5, 0.6) is 0 Å². The van der Waals surface area contributed by atoms with Gasteiger partial charge in [0.15, 0.2) is 12.9 Å². The molecule has 3 aliphatic rings. The van der Waals surface area contributed by atoms with E-state index in [4.69, 9.17) is 38.4 Å². The predicted molar refractivity (Wildman–Crippen MR) is 154 cm³/mol. The Labute approximate surface area is 272 Å². The summed E-state index contributed by atoms with van der Waals surface area (Å²) in [6, 6.07) is 0. The summed E-state index contributed by atoms with van der Waals surface area (Å²) in [4.78, 5) is 20.0. The smallest absolute Gasteiger partial charge is 0.333 e. The summed E-state index contributed by atoms with van der Waals surface area (Å²) in [5.74, 6) is -2.95. The highest BCUT2D eigenvalue weighted by atomic mass is 17.2. The molecule has 0 radical (unpaired) electrons.